The van der Waals surface area contributed by atoms with E-state index in [1.165, 1.54) is 0 Å². The number of anilines is 1. The number of carbonyl (C=O) groups excluding carboxylic acids is 3. The van der Waals surface area contributed by atoms with Gasteiger partial charge in [-0.15, -0.1) is 0 Å². The Labute approximate surface area is 224 Å². The fraction of sp³-hybridized carbons (Fsp3) is 0.179. The van der Waals surface area contributed by atoms with E-state index >= 15 is 0 Å². The third kappa shape index (κ3) is 6.93. The minimum Gasteiger partial charge on any atom is -0.492 e. The van der Waals surface area contributed by atoms with E-state index < -0.39 is 5.91 Å². The van der Waals surface area contributed by atoms with Crippen molar-refractivity contribution in [2.45, 2.75) is 13.8 Å². The molecule has 37 heavy (non-hydrogen) atoms. The summed E-state index contributed by atoms with van der Waals surface area (Å²) in [5.74, 6) is 0.331. The molecule has 7 nitrogen and oxygen atoms in total. The molecule has 0 aliphatic carbocycles. The van der Waals surface area contributed by atoms with Crippen molar-refractivity contribution in [3.63, 3.8) is 0 Å². The first-order valence-electron chi connectivity index (χ1n) is 11.5. The Kier molecular flexibility index (Phi) is 8.53. The summed E-state index contributed by atoms with van der Waals surface area (Å²) < 4.78 is 11.4. The molecule has 1 saturated heterocycles. The van der Waals surface area contributed by atoms with Crippen LogP contribution < -0.4 is 14.8 Å². The summed E-state index contributed by atoms with van der Waals surface area (Å²) >= 11 is 6.97. The van der Waals surface area contributed by atoms with E-state index in [-0.39, 0.29) is 35.8 Å². The first kappa shape index (κ1) is 26.3. The summed E-state index contributed by atoms with van der Waals surface area (Å²) in [6.45, 7) is 3.94. The Morgan fingerprint density at radius 1 is 1.03 bits per heavy atom. The smallest absolute Gasteiger partial charge is 0.293 e. The summed E-state index contributed by atoms with van der Waals surface area (Å²) in [7, 11) is 0. The van der Waals surface area contributed by atoms with Gasteiger partial charge < -0.3 is 14.8 Å². The number of benzene rings is 3. The van der Waals surface area contributed by atoms with E-state index in [0.717, 1.165) is 27.8 Å². The number of nitrogens with zero attached hydrogens (tertiary/aromatic N) is 1. The molecule has 1 heterocycles. The van der Waals surface area contributed by atoms with Crippen molar-refractivity contribution in [1.82, 2.24) is 4.90 Å². The van der Waals surface area contributed by atoms with Crippen molar-refractivity contribution >= 4 is 52.2 Å². The molecule has 4 rings (SSSR count). The second-order valence-corrected chi connectivity index (χ2v) is 9.73. The molecule has 3 aromatic carbocycles. The quantitative estimate of drug-likeness (QED) is 0.333. The number of rotatable bonds is 9. The Morgan fingerprint density at radius 3 is 2.54 bits per heavy atom. The van der Waals surface area contributed by atoms with Gasteiger partial charge in [0.2, 0.25) is 0 Å². The molecular weight excluding hydrogens is 512 g/mol. The fourth-order valence-corrected chi connectivity index (χ4v) is 4.50. The van der Waals surface area contributed by atoms with Gasteiger partial charge in [-0.2, -0.15) is 0 Å². The second kappa shape index (κ2) is 12.0. The lowest BCUT2D eigenvalue weighted by atomic mass is 10.2. The van der Waals surface area contributed by atoms with E-state index in [0.29, 0.717) is 27.8 Å². The van der Waals surface area contributed by atoms with Crippen LogP contribution in [0.4, 0.5) is 10.5 Å². The van der Waals surface area contributed by atoms with Crippen LogP contribution in [0.15, 0.2) is 71.6 Å². The average Bonchev–Trinajstić information content (AvgIpc) is 3.14. The predicted octanol–water partition coefficient (Wildman–Crippen LogP) is 6.09. The van der Waals surface area contributed by atoms with Gasteiger partial charge in [0.25, 0.3) is 17.1 Å². The van der Waals surface area contributed by atoms with Crippen LogP contribution in [0.2, 0.25) is 5.02 Å². The topological polar surface area (TPSA) is 84.9 Å². The monoisotopic (exact) mass is 536 g/mol. The molecule has 1 aliphatic heterocycles. The minimum atomic E-state index is -0.397. The van der Waals surface area contributed by atoms with Crippen LogP contribution in [0.1, 0.15) is 16.7 Å². The van der Waals surface area contributed by atoms with Gasteiger partial charge in [-0.05, 0) is 67.6 Å². The standard InChI is InChI=1S/C28H25ClN2O5S/c1-18-7-11-22(12-8-18)35-14-13-31-27(33)25(37-28(31)34)15-20-5-3-4-6-24(20)36-17-26(32)30-21-10-9-19(2)23(29)16-21/h3-12,15-16H,13-14,17H2,1-2H3,(H,30,32)/b25-15-. The second-order valence-electron chi connectivity index (χ2n) is 8.33. The van der Waals surface area contributed by atoms with Crippen LogP contribution in [-0.2, 0) is 9.59 Å². The number of aryl methyl sites for hydroxylation is 2. The zero-order valence-electron chi connectivity index (χ0n) is 20.3. The summed E-state index contributed by atoms with van der Waals surface area (Å²) in [6, 6.07) is 19.8. The third-order valence-corrected chi connectivity index (χ3v) is 6.81. The van der Waals surface area contributed by atoms with Gasteiger partial charge in [0.05, 0.1) is 11.4 Å². The van der Waals surface area contributed by atoms with E-state index in [2.05, 4.69) is 5.32 Å². The van der Waals surface area contributed by atoms with Gasteiger partial charge in [0, 0.05) is 16.3 Å². The number of hydrogen-bond donors (Lipinski definition) is 1. The molecule has 0 bridgehead atoms. The zero-order chi connectivity index (χ0) is 26.4. The maximum Gasteiger partial charge on any atom is 0.293 e. The lowest BCUT2D eigenvalue weighted by Crippen LogP contribution is -2.32. The van der Waals surface area contributed by atoms with Gasteiger partial charge in [0.1, 0.15) is 18.1 Å². The molecule has 0 atom stereocenters. The van der Waals surface area contributed by atoms with Crippen molar-refractivity contribution in [2.75, 3.05) is 25.1 Å². The maximum atomic E-state index is 12.9. The first-order valence-corrected chi connectivity index (χ1v) is 12.7. The molecule has 0 unspecified atom stereocenters. The molecule has 1 fully saturated rings. The Morgan fingerprint density at radius 2 is 1.78 bits per heavy atom. The van der Waals surface area contributed by atoms with Crippen molar-refractivity contribution in [2.24, 2.45) is 0 Å². The largest absolute Gasteiger partial charge is 0.492 e. The number of hydrogen-bond acceptors (Lipinski definition) is 6. The zero-order valence-corrected chi connectivity index (χ0v) is 21.9. The highest BCUT2D eigenvalue weighted by Crippen LogP contribution is 2.34. The van der Waals surface area contributed by atoms with Crippen molar-refractivity contribution in [3.05, 3.63) is 93.3 Å². The van der Waals surface area contributed by atoms with E-state index in [4.69, 9.17) is 21.1 Å². The fourth-order valence-electron chi connectivity index (χ4n) is 3.47. The number of thioether (sulfide) groups is 1. The van der Waals surface area contributed by atoms with Gasteiger partial charge in [0.15, 0.2) is 6.61 Å². The van der Waals surface area contributed by atoms with Crippen molar-refractivity contribution < 1.29 is 23.9 Å². The summed E-state index contributed by atoms with van der Waals surface area (Å²) in [5.41, 5.74) is 3.17. The summed E-state index contributed by atoms with van der Waals surface area (Å²) in [4.78, 5) is 39.2. The van der Waals surface area contributed by atoms with Crippen molar-refractivity contribution in [1.29, 1.82) is 0 Å². The van der Waals surface area contributed by atoms with Crippen LogP contribution in [0.5, 0.6) is 11.5 Å². The van der Waals surface area contributed by atoms with E-state index in [9.17, 15) is 14.4 Å². The number of carbonyl (C=O) groups is 3. The predicted molar refractivity (Wildman–Crippen MR) is 146 cm³/mol. The highest BCUT2D eigenvalue weighted by Gasteiger charge is 2.35. The SMILES string of the molecule is Cc1ccc(OCCN2C(=O)S/C(=C\c3ccccc3OCC(=O)Nc3ccc(C)c(Cl)c3)C2=O)cc1. The number of halogens is 1. The average molecular weight is 537 g/mol. The minimum absolute atomic E-state index is 0.136. The molecule has 190 valence electrons. The van der Waals surface area contributed by atoms with E-state index in [1.807, 2.05) is 44.2 Å². The highest BCUT2D eigenvalue weighted by molar-refractivity contribution is 8.18. The molecule has 3 aromatic rings. The highest BCUT2D eigenvalue weighted by atomic mass is 35.5. The van der Waals surface area contributed by atoms with Crippen molar-refractivity contribution in [3.8, 4) is 11.5 Å². The molecule has 1 aliphatic rings. The van der Waals surface area contributed by atoms with Gasteiger partial charge in [-0.25, -0.2) is 0 Å². The lowest BCUT2D eigenvalue weighted by Gasteiger charge is -2.13. The Balaban J connectivity index is 1.36. The lowest BCUT2D eigenvalue weighted by molar-refractivity contribution is -0.123. The summed E-state index contributed by atoms with van der Waals surface area (Å²) in [5, 5.41) is 2.93. The first-order chi connectivity index (χ1) is 17.8. The number of para-hydroxylation sites is 1. The molecule has 0 spiro atoms. The Bertz CT molecular complexity index is 1360. The van der Waals surface area contributed by atoms with Gasteiger partial charge >= 0.3 is 0 Å². The maximum absolute atomic E-state index is 12.9. The number of nitrogens with one attached hydrogen (secondary N) is 1. The normalized spacial score (nSPS) is 14.2. The van der Waals surface area contributed by atoms with Gasteiger partial charge in [-0.3, -0.25) is 19.3 Å². The molecule has 3 amide bonds. The molecule has 0 aromatic heterocycles. The van der Waals surface area contributed by atoms with Crippen LogP contribution in [0, 0.1) is 13.8 Å². The van der Waals surface area contributed by atoms with Crippen LogP contribution in [0.3, 0.4) is 0 Å². The Hall–Kier alpha value is -3.75. The molecular formula is C28H25ClN2O5S. The third-order valence-electron chi connectivity index (χ3n) is 5.50. The van der Waals surface area contributed by atoms with Crippen LogP contribution in [0.25, 0.3) is 6.08 Å². The number of ether oxygens (including phenoxy) is 2. The van der Waals surface area contributed by atoms with Gasteiger partial charge in [-0.1, -0.05) is 53.6 Å². The molecule has 9 heteroatoms. The molecule has 1 N–H and O–H groups in total. The number of amides is 3. The van der Waals surface area contributed by atoms with Crippen LogP contribution in [-0.4, -0.2) is 41.7 Å². The number of imide groups is 1. The van der Waals surface area contributed by atoms with E-state index in [1.54, 1.807) is 42.5 Å². The van der Waals surface area contributed by atoms with Crippen LogP contribution >= 0.6 is 23.4 Å². The summed E-state index contributed by atoms with van der Waals surface area (Å²) in [6.07, 6.45) is 1.60. The molecule has 0 radical (unpaired) electrons. The molecule has 0 saturated carbocycles.